The molecule has 2 aromatic carbocycles. The van der Waals surface area contributed by atoms with E-state index in [4.69, 9.17) is 0 Å². The van der Waals surface area contributed by atoms with Crippen LogP contribution in [0.15, 0.2) is 54.7 Å². The van der Waals surface area contributed by atoms with Gasteiger partial charge in [0, 0.05) is 73.0 Å². The van der Waals surface area contributed by atoms with Crippen LogP contribution in [-0.4, -0.2) is 57.8 Å². The molecule has 2 aromatic heterocycles. The van der Waals surface area contributed by atoms with E-state index in [0.29, 0.717) is 12.6 Å². The van der Waals surface area contributed by atoms with Crippen LogP contribution in [0.5, 0.6) is 0 Å². The van der Waals surface area contributed by atoms with E-state index in [1.807, 2.05) is 6.20 Å². The Morgan fingerprint density at radius 2 is 1.86 bits per heavy atom. The average Bonchev–Trinajstić information content (AvgIpc) is 3.39. The number of aromatic amines is 2. The molecule has 186 valence electrons. The normalized spacial score (nSPS) is 19.4. The number of fused-ring (bicyclic) bond motifs is 4. The van der Waals surface area contributed by atoms with Crippen LogP contribution in [0, 0.1) is 5.92 Å². The molecule has 1 atom stereocenters. The lowest BCUT2D eigenvalue weighted by molar-refractivity contribution is 0.0738. The Morgan fingerprint density at radius 1 is 1.06 bits per heavy atom. The number of halogens is 2. The van der Waals surface area contributed by atoms with Crippen molar-refractivity contribution in [3.8, 4) is 0 Å². The first-order valence-electron chi connectivity index (χ1n) is 12.6. The first-order chi connectivity index (χ1) is 16.8. The molecule has 4 heterocycles. The molecular weight excluding hydrogens is 442 g/mol. The number of aromatic nitrogens is 2. The van der Waals surface area contributed by atoms with Crippen molar-refractivity contribution in [2.45, 2.75) is 52.0 Å². The molecule has 0 spiro atoms. The molecule has 0 amide bonds. The van der Waals surface area contributed by atoms with Crippen molar-refractivity contribution < 1.29 is 8.78 Å². The third-order valence-electron chi connectivity index (χ3n) is 7.24. The van der Waals surface area contributed by atoms with Crippen molar-refractivity contribution in [2.75, 3.05) is 26.3 Å². The summed E-state index contributed by atoms with van der Waals surface area (Å²) in [5.74, 6) is 0.272. The minimum Gasteiger partial charge on any atom is -0.361 e. The fraction of sp³-hybridized carbons (Fsp3) is 0.448. The van der Waals surface area contributed by atoms with Crippen LogP contribution in [-0.2, 0) is 19.5 Å². The zero-order valence-corrected chi connectivity index (χ0v) is 21.0. The largest absolute Gasteiger partial charge is 0.361 e. The van der Waals surface area contributed by atoms with Gasteiger partial charge in [-0.2, -0.15) is 0 Å². The molecule has 2 aliphatic heterocycles. The van der Waals surface area contributed by atoms with Crippen LogP contribution in [0.3, 0.4) is 0 Å². The summed E-state index contributed by atoms with van der Waals surface area (Å²) >= 11 is 0. The van der Waals surface area contributed by atoms with Gasteiger partial charge in [0.2, 0.25) is 0 Å². The van der Waals surface area contributed by atoms with Gasteiger partial charge >= 0.3 is 0 Å². The Hall–Kier alpha value is -2.70. The van der Waals surface area contributed by atoms with Gasteiger partial charge in [0.05, 0.1) is 6.67 Å². The summed E-state index contributed by atoms with van der Waals surface area (Å²) in [5, 5.41) is 2.57. The van der Waals surface area contributed by atoms with Gasteiger partial charge in [-0.3, -0.25) is 14.2 Å². The molecule has 1 unspecified atom stereocenters. The molecular formula is C29H36F2N4. The molecule has 35 heavy (non-hydrogen) atoms. The van der Waals surface area contributed by atoms with Gasteiger partial charge in [-0.25, -0.2) is 4.39 Å². The molecule has 1 saturated heterocycles. The van der Waals surface area contributed by atoms with E-state index in [0.717, 1.165) is 32.6 Å². The summed E-state index contributed by atoms with van der Waals surface area (Å²) in [7, 11) is 0. The zero-order chi connectivity index (χ0) is 24.6. The minimum absolute atomic E-state index is 0.174. The molecule has 0 bridgehead atoms. The fourth-order valence-corrected chi connectivity index (χ4v) is 5.46. The number of hydrogen-bond acceptors (Lipinski definition) is 2. The SMILES string of the molecule is CC1Cc2c([nH]c3ccccc23)CN1CC(C)(C)F.FCC1CN(Cc2ccc3cc[nH]c3c2)C1. The van der Waals surface area contributed by atoms with Gasteiger partial charge in [0.25, 0.3) is 0 Å². The Morgan fingerprint density at radius 3 is 2.63 bits per heavy atom. The first kappa shape index (κ1) is 24.0. The summed E-state index contributed by atoms with van der Waals surface area (Å²) in [6.07, 6.45) is 2.95. The van der Waals surface area contributed by atoms with Crippen LogP contribution in [0.4, 0.5) is 8.78 Å². The molecule has 0 saturated carbocycles. The third-order valence-corrected chi connectivity index (χ3v) is 7.24. The fourth-order valence-electron chi connectivity index (χ4n) is 5.46. The van der Waals surface area contributed by atoms with Gasteiger partial charge in [0.15, 0.2) is 0 Å². The maximum absolute atomic E-state index is 13.9. The van der Waals surface area contributed by atoms with Crippen molar-refractivity contribution in [2.24, 2.45) is 5.92 Å². The van der Waals surface area contributed by atoms with Crippen LogP contribution >= 0.6 is 0 Å². The number of H-pyrrole nitrogens is 2. The van der Waals surface area contributed by atoms with E-state index in [1.165, 1.54) is 38.6 Å². The molecule has 4 aromatic rings. The van der Waals surface area contributed by atoms with E-state index in [9.17, 15) is 8.78 Å². The second-order valence-electron chi connectivity index (χ2n) is 10.9. The number of nitrogens with zero attached hydrogens (tertiary/aromatic N) is 2. The Labute approximate surface area is 206 Å². The van der Waals surface area contributed by atoms with Crippen molar-refractivity contribution >= 4 is 21.8 Å². The standard InChI is InChI=1S/C16H21FN2.C13H15FN2/c1-11-8-13-12-6-4-5-7-14(12)18-15(13)9-19(11)10-16(2,3)17;14-6-11-8-16(9-11)7-10-1-2-12-3-4-15-13(12)5-10/h4-7,11,18H,8-10H2,1-3H3;1-5,11,15H,6-9H2. The van der Waals surface area contributed by atoms with Gasteiger partial charge in [-0.1, -0.05) is 30.3 Å². The molecule has 4 nitrogen and oxygen atoms in total. The number of rotatable bonds is 5. The van der Waals surface area contributed by atoms with Crippen molar-refractivity contribution in [3.63, 3.8) is 0 Å². The highest BCUT2D eigenvalue weighted by Gasteiger charge is 2.30. The monoisotopic (exact) mass is 478 g/mol. The molecule has 2 aliphatic rings. The van der Waals surface area contributed by atoms with E-state index in [1.54, 1.807) is 13.8 Å². The lowest BCUT2D eigenvalue weighted by Crippen LogP contribution is -2.46. The number of likely N-dealkylation sites (tertiary alicyclic amines) is 1. The average molecular weight is 479 g/mol. The molecule has 6 rings (SSSR count). The molecule has 0 radical (unpaired) electrons. The third kappa shape index (κ3) is 5.44. The van der Waals surface area contributed by atoms with E-state index in [2.05, 4.69) is 75.2 Å². The summed E-state index contributed by atoms with van der Waals surface area (Å²) in [5.41, 5.74) is 5.20. The summed E-state index contributed by atoms with van der Waals surface area (Å²) in [6, 6.07) is 17.3. The van der Waals surface area contributed by atoms with Crippen LogP contribution < -0.4 is 0 Å². The molecule has 6 heteroatoms. The topological polar surface area (TPSA) is 38.1 Å². The Bertz CT molecular complexity index is 1280. The summed E-state index contributed by atoms with van der Waals surface area (Å²) < 4.78 is 26.2. The first-order valence-corrected chi connectivity index (χ1v) is 12.6. The maximum atomic E-state index is 13.9. The second kappa shape index (κ2) is 9.75. The number of para-hydroxylation sites is 1. The minimum atomic E-state index is -1.14. The quantitative estimate of drug-likeness (QED) is 0.357. The maximum Gasteiger partial charge on any atom is 0.118 e. The number of nitrogens with one attached hydrogen (secondary N) is 2. The smallest absolute Gasteiger partial charge is 0.118 e. The van der Waals surface area contributed by atoms with Crippen molar-refractivity contribution in [1.82, 2.24) is 19.8 Å². The highest BCUT2D eigenvalue weighted by molar-refractivity contribution is 5.85. The van der Waals surface area contributed by atoms with E-state index < -0.39 is 5.67 Å². The predicted octanol–water partition coefficient (Wildman–Crippen LogP) is 6.23. The summed E-state index contributed by atoms with van der Waals surface area (Å²) in [4.78, 5) is 11.2. The van der Waals surface area contributed by atoms with Gasteiger partial charge in [-0.05, 0) is 61.9 Å². The second-order valence-corrected chi connectivity index (χ2v) is 10.9. The van der Waals surface area contributed by atoms with Gasteiger partial charge in [0.1, 0.15) is 5.67 Å². The lowest BCUT2D eigenvalue weighted by atomic mass is 9.96. The highest BCUT2D eigenvalue weighted by atomic mass is 19.1. The summed E-state index contributed by atoms with van der Waals surface area (Å²) in [6.45, 7) is 9.37. The molecule has 2 N–H and O–H groups in total. The van der Waals surface area contributed by atoms with Gasteiger partial charge in [-0.15, -0.1) is 0 Å². The highest BCUT2D eigenvalue weighted by Crippen LogP contribution is 2.31. The van der Waals surface area contributed by atoms with Crippen molar-refractivity contribution in [1.29, 1.82) is 0 Å². The molecule has 1 fully saturated rings. The molecule has 0 aliphatic carbocycles. The Kier molecular flexibility index (Phi) is 6.69. The zero-order valence-electron chi connectivity index (χ0n) is 21.0. The van der Waals surface area contributed by atoms with Crippen LogP contribution in [0.2, 0.25) is 0 Å². The number of benzene rings is 2. The predicted molar refractivity (Wildman–Crippen MR) is 140 cm³/mol. The van der Waals surface area contributed by atoms with E-state index >= 15 is 0 Å². The number of hydrogen-bond donors (Lipinski definition) is 2. The van der Waals surface area contributed by atoms with Crippen molar-refractivity contribution in [3.05, 3.63) is 71.5 Å². The Balaban J connectivity index is 0.000000147. The van der Waals surface area contributed by atoms with Gasteiger partial charge < -0.3 is 9.97 Å². The van der Waals surface area contributed by atoms with Crippen LogP contribution in [0.1, 0.15) is 37.6 Å². The lowest BCUT2D eigenvalue weighted by Gasteiger charge is -2.37. The van der Waals surface area contributed by atoms with E-state index in [-0.39, 0.29) is 12.6 Å². The number of alkyl halides is 2. The van der Waals surface area contributed by atoms with Crippen LogP contribution in [0.25, 0.3) is 21.8 Å².